The van der Waals surface area contributed by atoms with Gasteiger partial charge in [0.1, 0.15) is 5.82 Å². The number of hydrogen-bond acceptors (Lipinski definition) is 5. The lowest BCUT2D eigenvalue weighted by Gasteiger charge is -2.13. The van der Waals surface area contributed by atoms with Gasteiger partial charge in [-0.05, 0) is 61.2 Å². The molecular weight excluding hydrogens is 498 g/mol. The van der Waals surface area contributed by atoms with Gasteiger partial charge in [0, 0.05) is 36.1 Å². The minimum Gasteiger partial charge on any atom is -0.373 e. The molecule has 0 saturated heterocycles. The van der Waals surface area contributed by atoms with Crippen LogP contribution in [0.15, 0.2) is 60.7 Å². The third-order valence-corrected chi connectivity index (χ3v) is 7.38. The zero-order valence-electron chi connectivity index (χ0n) is 21.5. The molecule has 5 rings (SSSR count). The minimum absolute atomic E-state index is 0.0765. The largest absolute Gasteiger partial charge is 0.373 e. The van der Waals surface area contributed by atoms with Crippen molar-refractivity contribution in [2.75, 3.05) is 17.7 Å². The molecule has 1 heterocycles. The molecule has 0 bridgehead atoms. The molecule has 1 fully saturated rings. The van der Waals surface area contributed by atoms with E-state index in [9.17, 15) is 9.59 Å². The summed E-state index contributed by atoms with van der Waals surface area (Å²) in [7, 11) is 1.82. The molecule has 2 amide bonds. The number of nitrogens with zero attached hydrogens (tertiary/aromatic N) is 2. The lowest BCUT2D eigenvalue weighted by Crippen LogP contribution is -2.28. The van der Waals surface area contributed by atoms with E-state index in [2.05, 4.69) is 16.0 Å². The molecule has 0 aliphatic heterocycles. The summed E-state index contributed by atoms with van der Waals surface area (Å²) in [5, 5.41) is 10.3. The monoisotopic (exact) mass is 527 g/mol. The predicted molar refractivity (Wildman–Crippen MR) is 152 cm³/mol. The van der Waals surface area contributed by atoms with Crippen LogP contribution < -0.4 is 16.0 Å². The Bertz CT molecular complexity index is 1510. The van der Waals surface area contributed by atoms with Gasteiger partial charge in [0.25, 0.3) is 5.91 Å². The van der Waals surface area contributed by atoms with E-state index in [1.165, 1.54) is 0 Å². The second-order valence-electron chi connectivity index (χ2n) is 9.66. The average molecular weight is 528 g/mol. The summed E-state index contributed by atoms with van der Waals surface area (Å²) in [5.41, 5.74) is 4.48. The molecule has 194 valence electrons. The van der Waals surface area contributed by atoms with Crippen molar-refractivity contribution in [3.8, 4) is 11.4 Å². The van der Waals surface area contributed by atoms with Crippen LogP contribution in [0.25, 0.3) is 22.3 Å². The summed E-state index contributed by atoms with van der Waals surface area (Å²) < 4.78 is 0. The smallest absolute Gasteiger partial charge is 0.257 e. The molecule has 3 N–H and O–H groups in total. The van der Waals surface area contributed by atoms with E-state index in [1.54, 1.807) is 12.1 Å². The van der Waals surface area contributed by atoms with Crippen molar-refractivity contribution >= 4 is 45.8 Å². The van der Waals surface area contributed by atoms with Gasteiger partial charge in [-0.25, -0.2) is 9.97 Å². The molecular formula is C30H30ClN5O2. The third kappa shape index (κ3) is 5.48. The predicted octanol–water partition coefficient (Wildman–Crippen LogP) is 6.36. The number of carbonyl (C=O) groups excluding carboxylic acids is 2. The highest BCUT2D eigenvalue weighted by Gasteiger charge is 2.22. The summed E-state index contributed by atoms with van der Waals surface area (Å²) in [5.74, 6) is 1.16. The van der Waals surface area contributed by atoms with E-state index in [1.807, 2.05) is 62.5 Å². The van der Waals surface area contributed by atoms with Crippen LogP contribution in [0.5, 0.6) is 0 Å². The maximum atomic E-state index is 13.2. The minimum atomic E-state index is -0.333. The van der Waals surface area contributed by atoms with E-state index in [4.69, 9.17) is 21.6 Å². The molecule has 0 radical (unpaired) electrons. The fraction of sp³-hybridized carbons (Fsp3) is 0.267. The first-order chi connectivity index (χ1) is 18.4. The first-order valence-electron chi connectivity index (χ1n) is 12.9. The Labute approximate surface area is 227 Å². The van der Waals surface area contributed by atoms with Crippen molar-refractivity contribution in [1.82, 2.24) is 15.3 Å². The molecule has 3 aromatic carbocycles. The van der Waals surface area contributed by atoms with Gasteiger partial charge in [0.15, 0.2) is 5.82 Å². The van der Waals surface area contributed by atoms with Crippen molar-refractivity contribution in [3.05, 3.63) is 82.4 Å². The second kappa shape index (κ2) is 11.2. The Balaban J connectivity index is 1.37. The van der Waals surface area contributed by atoms with Crippen LogP contribution in [0.3, 0.4) is 0 Å². The summed E-state index contributed by atoms with van der Waals surface area (Å²) in [6, 6.07) is 18.7. The molecule has 7 nitrogen and oxygen atoms in total. The first-order valence-corrected chi connectivity index (χ1v) is 13.2. The van der Waals surface area contributed by atoms with Gasteiger partial charge in [-0.3, -0.25) is 9.59 Å². The number of benzene rings is 3. The van der Waals surface area contributed by atoms with Crippen LogP contribution in [0.1, 0.15) is 47.2 Å². The highest BCUT2D eigenvalue weighted by atomic mass is 35.5. The summed E-state index contributed by atoms with van der Waals surface area (Å²) >= 11 is 6.38. The average Bonchev–Trinajstić information content (AvgIpc) is 3.47. The molecule has 0 atom stereocenters. The number of fused-ring (bicyclic) bond motifs is 1. The van der Waals surface area contributed by atoms with E-state index < -0.39 is 0 Å². The molecule has 1 aromatic heterocycles. The Morgan fingerprint density at radius 1 is 1.00 bits per heavy atom. The van der Waals surface area contributed by atoms with Crippen molar-refractivity contribution in [2.24, 2.45) is 5.92 Å². The number of anilines is 2. The van der Waals surface area contributed by atoms with Crippen LogP contribution in [-0.4, -0.2) is 28.8 Å². The number of carbonyl (C=O) groups is 2. The van der Waals surface area contributed by atoms with E-state index in [0.29, 0.717) is 40.0 Å². The molecule has 1 aliphatic carbocycles. The molecule has 0 spiro atoms. The SMILES string of the molecule is CNc1nc(-c2ccccc2C)nc2cc(NC(=O)c3cc(CNC(=O)C4CCCC4)ccc3Cl)ccc12. The van der Waals surface area contributed by atoms with Gasteiger partial charge in [-0.2, -0.15) is 0 Å². The van der Waals surface area contributed by atoms with Crippen LogP contribution in [-0.2, 0) is 11.3 Å². The van der Waals surface area contributed by atoms with E-state index >= 15 is 0 Å². The van der Waals surface area contributed by atoms with Crippen LogP contribution in [0.4, 0.5) is 11.5 Å². The molecule has 8 heteroatoms. The zero-order chi connectivity index (χ0) is 26.6. The molecule has 1 aliphatic rings. The normalized spacial score (nSPS) is 13.4. The maximum Gasteiger partial charge on any atom is 0.257 e. The standard InChI is InChI=1S/C30H30ClN5O2/c1-18-7-3-6-10-22(18)28-35-26-16-21(12-13-23(26)27(32-2)36-28)34-30(38)24-15-19(11-14-25(24)31)17-33-29(37)20-8-4-5-9-20/h3,6-7,10-16,20H,4-5,8-9,17H2,1-2H3,(H,33,37)(H,34,38)(H,32,35,36). The van der Waals surface area contributed by atoms with E-state index in [-0.39, 0.29) is 17.7 Å². The van der Waals surface area contributed by atoms with E-state index in [0.717, 1.165) is 47.8 Å². The summed E-state index contributed by atoms with van der Waals surface area (Å²) in [6.07, 6.45) is 4.10. The number of aryl methyl sites for hydroxylation is 1. The third-order valence-electron chi connectivity index (χ3n) is 7.05. The van der Waals surface area contributed by atoms with Crippen molar-refractivity contribution in [1.29, 1.82) is 0 Å². The van der Waals surface area contributed by atoms with Crippen LogP contribution in [0.2, 0.25) is 5.02 Å². The second-order valence-corrected chi connectivity index (χ2v) is 10.1. The summed E-state index contributed by atoms with van der Waals surface area (Å²) in [4.78, 5) is 35.1. The van der Waals surface area contributed by atoms with Gasteiger partial charge in [0.05, 0.1) is 16.1 Å². The van der Waals surface area contributed by atoms with Crippen molar-refractivity contribution in [2.45, 2.75) is 39.2 Å². The number of amides is 2. The van der Waals surface area contributed by atoms with Crippen molar-refractivity contribution < 1.29 is 9.59 Å². The van der Waals surface area contributed by atoms with Gasteiger partial charge < -0.3 is 16.0 Å². The number of rotatable bonds is 7. The van der Waals surface area contributed by atoms with Crippen molar-refractivity contribution in [3.63, 3.8) is 0 Å². The van der Waals surface area contributed by atoms with Gasteiger partial charge >= 0.3 is 0 Å². The Morgan fingerprint density at radius 3 is 2.55 bits per heavy atom. The summed E-state index contributed by atoms with van der Waals surface area (Å²) in [6.45, 7) is 2.38. The lowest BCUT2D eigenvalue weighted by molar-refractivity contribution is -0.124. The molecule has 38 heavy (non-hydrogen) atoms. The topological polar surface area (TPSA) is 96.0 Å². The van der Waals surface area contributed by atoms with Gasteiger partial charge in [0.2, 0.25) is 5.91 Å². The number of hydrogen-bond donors (Lipinski definition) is 3. The fourth-order valence-electron chi connectivity index (χ4n) is 4.92. The highest BCUT2D eigenvalue weighted by molar-refractivity contribution is 6.34. The van der Waals surface area contributed by atoms with Gasteiger partial charge in [-0.1, -0.05) is 54.8 Å². The Kier molecular flexibility index (Phi) is 7.56. The highest BCUT2D eigenvalue weighted by Crippen LogP contribution is 2.29. The lowest BCUT2D eigenvalue weighted by atomic mass is 10.1. The molecule has 4 aromatic rings. The molecule has 1 saturated carbocycles. The number of aromatic nitrogens is 2. The number of nitrogens with one attached hydrogen (secondary N) is 3. The van der Waals surface area contributed by atoms with Gasteiger partial charge in [-0.15, -0.1) is 0 Å². The van der Waals surface area contributed by atoms with Crippen LogP contribution >= 0.6 is 11.6 Å². The van der Waals surface area contributed by atoms with Crippen LogP contribution in [0, 0.1) is 12.8 Å². The zero-order valence-corrected chi connectivity index (χ0v) is 22.2. The first kappa shape index (κ1) is 25.7. The fourth-order valence-corrected chi connectivity index (χ4v) is 5.12. The number of halogens is 1. The Morgan fingerprint density at radius 2 is 1.79 bits per heavy atom. The molecule has 0 unspecified atom stereocenters. The maximum absolute atomic E-state index is 13.2. The quantitative estimate of drug-likeness (QED) is 0.260. The Hall–Kier alpha value is -3.97.